The fraction of sp³-hybridized carbons (Fsp3) is 0.435. The van der Waals surface area contributed by atoms with E-state index in [0.717, 1.165) is 12.0 Å². The van der Waals surface area contributed by atoms with E-state index in [0.29, 0.717) is 11.6 Å². The number of hydrogen-bond acceptors (Lipinski definition) is 6. The maximum Gasteiger partial charge on any atom is 0.205 e. The lowest BCUT2D eigenvalue weighted by Gasteiger charge is -2.07. The molecule has 7 nitrogen and oxygen atoms in total. The third kappa shape index (κ3) is 7.06. The van der Waals surface area contributed by atoms with E-state index >= 15 is 0 Å². The number of ketones is 1. The van der Waals surface area contributed by atoms with Gasteiger partial charge in [-0.1, -0.05) is 51.2 Å². The van der Waals surface area contributed by atoms with Crippen molar-refractivity contribution in [1.82, 2.24) is 25.2 Å². The van der Waals surface area contributed by atoms with Crippen LogP contribution in [-0.4, -0.2) is 37.6 Å². The number of unbranched alkanes of at least 4 members (excludes halogenated alkanes) is 5. The first-order valence-electron chi connectivity index (χ1n) is 10.7. The number of carbonyl (C=O) groups is 1. The van der Waals surface area contributed by atoms with Crippen molar-refractivity contribution in [2.24, 2.45) is 0 Å². The minimum Gasteiger partial charge on any atom is -0.486 e. The first-order valence-corrected chi connectivity index (χ1v) is 10.7. The van der Waals surface area contributed by atoms with Gasteiger partial charge in [-0.2, -0.15) is 4.80 Å². The Morgan fingerprint density at radius 3 is 2.47 bits per heavy atom. The fourth-order valence-electron chi connectivity index (χ4n) is 3.16. The molecule has 0 saturated heterocycles. The number of pyridine rings is 1. The summed E-state index contributed by atoms with van der Waals surface area (Å²) in [6, 6.07) is 11.6. The first kappa shape index (κ1) is 21.6. The molecule has 0 unspecified atom stereocenters. The monoisotopic (exact) mass is 407 g/mol. The van der Waals surface area contributed by atoms with Gasteiger partial charge in [0.05, 0.1) is 0 Å². The Morgan fingerprint density at radius 1 is 0.967 bits per heavy atom. The lowest BCUT2D eigenvalue weighted by Crippen LogP contribution is -2.19. The predicted octanol–water partition coefficient (Wildman–Crippen LogP) is 4.29. The molecule has 0 atom stereocenters. The molecular formula is C23H29N5O2. The van der Waals surface area contributed by atoms with Crippen molar-refractivity contribution in [1.29, 1.82) is 0 Å². The summed E-state index contributed by atoms with van der Waals surface area (Å²) in [5.74, 6) is 1.04. The zero-order valence-electron chi connectivity index (χ0n) is 17.5. The van der Waals surface area contributed by atoms with E-state index in [4.69, 9.17) is 4.74 Å². The number of ether oxygens (including phenoxy) is 1. The summed E-state index contributed by atoms with van der Waals surface area (Å²) in [5, 5.41) is 12.1. The maximum absolute atomic E-state index is 12.2. The lowest BCUT2D eigenvalue weighted by molar-refractivity contribution is -0.122. The van der Waals surface area contributed by atoms with Crippen LogP contribution in [0, 0.1) is 0 Å². The number of nitrogens with zero attached hydrogens (tertiary/aromatic N) is 5. The summed E-state index contributed by atoms with van der Waals surface area (Å²) in [7, 11) is 0. The van der Waals surface area contributed by atoms with Crippen molar-refractivity contribution < 1.29 is 9.53 Å². The molecule has 0 aliphatic rings. The van der Waals surface area contributed by atoms with Crippen molar-refractivity contribution >= 4 is 5.78 Å². The average Bonchev–Trinajstić information content (AvgIpc) is 3.24. The standard InChI is InChI=1S/C23H29N5O2/c1-2-3-4-5-6-7-8-19-9-11-22(12-10-19)30-18-21(29)17-28-26-23(25-27-28)20-13-15-24-16-14-20/h9-16H,2-8,17-18H2,1H3. The Balaban J connectivity index is 1.38. The zero-order chi connectivity index (χ0) is 21.0. The van der Waals surface area contributed by atoms with Crippen molar-refractivity contribution in [2.45, 2.75) is 58.4 Å². The number of Topliss-reactive ketones (excluding diaryl/α,β-unsaturated/α-hetero) is 1. The number of benzene rings is 1. The Hall–Kier alpha value is -3.09. The van der Waals surface area contributed by atoms with Gasteiger partial charge < -0.3 is 4.74 Å². The molecule has 0 N–H and O–H groups in total. The minimum absolute atomic E-state index is 0.0220. The summed E-state index contributed by atoms with van der Waals surface area (Å²) in [6.45, 7) is 2.24. The molecule has 2 aromatic heterocycles. The molecule has 0 aliphatic heterocycles. The summed E-state index contributed by atoms with van der Waals surface area (Å²) in [4.78, 5) is 17.4. The number of aromatic nitrogens is 5. The molecule has 0 saturated carbocycles. The number of hydrogen-bond donors (Lipinski definition) is 0. The van der Waals surface area contributed by atoms with Gasteiger partial charge in [-0.15, -0.1) is 10.2 Å². The van der Waals surface area contributed by atoms with Crippen molar-refractivity contribution in [3.05, 3.63) is 54.4 Å². The molecule has 3 aromatic rings. The van der Waals surface area contributed by atoms with E-state index in [-0.39, 0.29) is 18.9 Å². The van der Waals surface area contributed by atoms with Gasteiger partial charge in [-0.25, -0.2) is 0 Å². The molecule has 0 fully saturated rings. The number of rotatable bonds is 13. The molecule has 7 heteroatoms. The Kier molecular flexibility index (Phi) is 8.50. The van der Waals surface area contributed by atoms with Crippen LogP contribution in [0.2, 0.25) is 0 Å². The van der Waals surface area contributed by atoms with Gasteiger partial charge in [0, 0.05) is 18.0 Å². The van der Waals surface area contributed by atoms with Crippen LogP contribution in [0.5, 0.6) is 5.75 Å². The van der Waals surface area contributed by atoms with Crippen molar-refractivity contribution in [3.63, 3.8) is 0 Å². The van der Waals surface area contributed by atoms with Crippen LogP contribution in [0.3, 0.4) is 0 Å². The van der Waals surface area contributed by atoms with Crippen LogP contribution in [0.25, 0.3) is 11.4 Å². The van der Waals surface area contributed by atoms with E-state index in [2.05, 4.69) is 39.5 Å². The van der Waals surface area contributed by atoms with Gasteiger partial charge in [-0.05, 0) is 47.9 Å². The summed E-state index contributed by atoms with van der Waals surface area (Å²) < 4.78 is 5.61. The summed E-state index contributed by atoms with van der Waals surface area (Å²) in [5.41, 5.74) is 2.11. The highest BCUT2D eigenvalue weighted by Crippen LogP contribution is 2.15. The van der Waals surface area contributed by atoms with Gasteiger partial charge in [0.1, 0.15) is 18.9 Å². The van der Waals surface area contributed by atoms with E-state index in [1.165, 1.54) is 48.9 Å². The van der Waals surface area contributed by atoms with Crippen LogP contribution in [0.1, 0.15) is 51.0 Å². The molecule has 158 valence electrons. The maximum atomic E-state index is 12.2. The van der Waals surface area contributed by atoms with Crippen molar-refractivity contribution in [2.75, 3.05) is 6.61 Å². The van der Waals surface area contributed by atoms with E-state index in [9.17, 15) is 4.79 Å². The number of tetrazole rings is 1. The predicted molar refractivity (Wildman–Crippen MR) is 115 cm³/mol. The van der Waals surface area contributed by atoms with Gasteiger partial charge in [-0.3, -0.25) is 9.78 Å². The normalized spacial score (nSPS) is 10.8. The second kappa shape index (κ2) is 11.8. The van der Waals surface area contributed by atoms with E-state index in [1.807, 2.05) is 12.1 Å². The molecule has 0 amide bonds. The smallest absolute Gasteiger partial charge is 0.205 e. The highest BCUT2D eigenvalue weighted by molar-refractivity contribution is 5.79. The topological polar surface area (TPSA) is 82.8 Å². The molecule has 0 spiro atoms. The van der Waals surface area contributed by atoms with Crippen LogP contribution >= 0.6 is 0 Å². The zero-order valence-corrected chi connectivity index (χ0v) is 17.5. The molecular weight excluding hydrogens is 378 g/mol. The highest BCUT2D eigenvalue weighted by atomic mass is 16.5. The minimum atomic E-state index is -0.121. The van der Waals surface area contributed by atoms with Crippen LogP contribution in [-0.2, 0) is 17.8 Å². The highest BCUT2D eigenvalue weighted by Gasteiger charge is 2.10. The van der Waals surface area contributed by atoms with Gasteiger partial charge in [0.15, 0.2) is 5.78 Å². The van der Waals surface area contributed by atoms with Gasteiger partial charge in [0.25, 0.3) is 0 Å². The molecule has 0 bridgehead atoms. The van der Waals surface area contributed by atoms with Gasteiger partial charge >= 0.3 is 0 Å². The lowest BCUT2D eigenvalue weighted by atomic mass is 10.0. The number of aryl methyl sites for hydroxylation is 1. The Morgan fingerprint density at radius 2 is 1.70 bits per heavy atom. The van der Waals surface area contributed by atoms with E-state index < -0.39 is 0 Å². The molecule has 1 aromatic carbocycles. The second-order valence-corrected chi connectivity index (χ2v) is 7.37. The van der Waals surface area contributed by atoms with Crippen LogP contribution in [0.15, 0.2) is 48.8 Å². The summed E-state index contributed by atoms with van der Waals surface area (Å²) in [6.07, 6.45) is 12.2. The molecule has 0 radical (unpaired) electrons. The largest absolute Gasteiger partial charge is 0.486 e. The SMILES string of the molecule is CCCCCCCCc1ccc(OCC(=O)Cn2nnc(-c3ccncc3)n2)cc1. The molecule has 0 aliphatic carbocycles. The average molecular weight is 408 g/mol. The van der Waals surface area contributed by atoms with Crippen LogP contribution < -0.4 is 4.74 Å². The van der Waals surface area contributed by atoms with Crippen molar-refractivity contribution in [3.8, 4) is 17.1 Å². The van der Waals surface area contributed by atoms with Gasteiger partial charge in [0.2, 0.25) is 5.82 Å². The molecule has 2 heterocycles. The number of carbonyl (C=O) groups excluding carboxylic acids is 1. The Labute approximate surface area is 177 Å². The van der Waals surface area contributed by atoms with Crippen LogP contribution in [0.4, 0.5) is 0 Å². The second-order valence-electron chi connectivity index (χ2n) is 7.37. The van der Waals surface area contributed by atoms with E-state index in [1.54, 1.807) is 24.5 Å². The quantitative estimate of drug-likeness (QED) is 0.393. The first-order chi connectivity index (χ1) is 14.7. The summed E-state index contributed by atoms with van der Waals surface area (Å²) >= 11 is 0. The third-order valence-electron chi connectivity index (χ3n) is 4.85. The molecule has 30 heavy (non-hydrogen) atoms. The fourth-order valence-corrected chi connectivity index (χ4v) is 3.16. The molecule has 3 rings (SSSR count). The third-order valence-corrected chi connectivity index (χ3v) is 4.85. The Bertz CT molecular complexity index is 893.